The number of benzene rings is 2. The number of nitrogen functional groups attached to an aromatic ring is 1. The van der Waals surface area contributed by atoms with Gasteiger partial charge in [-0.1, -0.05) is 12.1 Å². The van der Waals surface area contributed by atoms with Crippen molar-refractivity contribution in [1.29, 1.82) is 0 Å². The Kier molecular flexibility index (Phi) is 4.60. The molecule has 0 aliphatic heterocycles. The van der Waals surface area contributed by atoms with Crippen molar-refractivity contribution >= 4 is 31.6 Å². The summed E-state index contributed by atoms with van der Waals surface area (Å²) in [6.45, 7) is -0.0888. The van der Waals surface area contributed by atoms with Crippen molar-refractivity contribution in [3.63, 3.8) is 0 Å². The second-order valence-electron chi connectivity index (χ2n) is 4.27. The first-order valence-electron chi connectivity index (χ1n) is 5.78. The summed E-state index contributed by atoms with van der Waals surface area (Å²) < 4.78 is 53.0. The molecule has 4 nitrogen and oxygen atoms in total. The van der Waals surface area contributed by atoms with Crippen LogP contribution in [-0.2, 0) is 16.6 Å². The molecule has 0 aliphatic rings. The fourth-order valence-electron chi connectivity index (χ4n) is 1.64. The molecule has 0 saturated carbocycles. The van der Waals surface area contributed by atoms with Gasteiger partial charge in [-0.25, -0.2) is 21.9 Å². The van der Waals surface area contributed by atoms with Crippen LogP contribution in [0.5, 0.6) is 0 Å². The largest absolute Gasteiger partial charge is 0.399 e. The smallest absolute Gasteiger partial charge is 0.243 e. The lowest BCUT2D eigenvalue weighted by molar-refractivity contribution is 0.554. The van der Waals surface area contributed by atoms with Gasteiger partial charge in [0, 0.05) is 12.2 Å². The van der Waals surface area contributed by atoms with Gasteiger partial charge in [0.25, 0.3) is 0 Å². The molecular formula is C13H11BrF2N2O2S. The van der Waals surface area contributed by atoms with E-state index in [-0.39, 0.29) is 16.7 Å². The molecule has 112 valence electrons. The van der Waals surface area contributed by atoms with Gasteiger partial charge < -0.3 is 5.73 Å². The highest BCUT2D eigenvalue weighted by atomic mass is 79.9. The lowest BCUT2D eigenvalue weighted by Crippen LogP contribution is -2.24. The van der Waals surface area contributed by atoms with Gasteiger partial charge in [-0.15, -0.1) is 0 Å². The number of anilines is 1. The Bertz CT molecular complexity index is 764. The zero-order valence-electron chi connectivity index (χ0n) is 10.6. The third kappa shape index (κ3) is 3.78. The molecular weight excluding hydrogens is 366 g/mol. The molecule has 0 unspecified atom stereocenters. The van der Waals surface area contributed by atoms with E-state index in [0.29, 0.717) is 5.56 Å². The van der Waals surface area contributed by atoms with Gasteiger partial charge in [-0.05, 0) is 45.8 Å². The lowest BCUT2D eigenvalue weighted by atomic mass is 10.2. The van der Waals surface area contributed by atoms with Crippen LogP contribution in [-0.4, -0.2) is 8.42 Å². The molecule has 2 rings (SSSR count). The highest BCUT2D eigenvalue weighted by Gasteiger charge is 2.21. The Balaban J connectivity index is 2.25. The van der Waals surface area contributed by atoms with Crippen molar-refractivity contribution in [1.82, 2.24) is 4.72 Å². The summed E-state index contributed by atoms with van der Waals surface area (Å²) in [5.41, 5.74) is 6.18. The normalized spacial score (nSPS) is 11.6. The molecule has 0 bridgehead atoms. The Morgan fingerprint density at radius 1 is 1.14 bits per heavy atom. The van der Waals surface area contributed by atoms with Crippen LogP contribution < -0.4 is 10.5 Å². The maximum atomic E-state index is 13.9. The maximum Gasteiger partial charge on any atom is 0.243 e. The van der Waals surface area contributed by atoms with Crippen LogP contribution >= 0.6 is 15.9 Å². The van der Waals surface area contributed by atoms with Crippen LogP contribution in [0.4, 0.5) is 14.5 Å². The first kappa shape index (κ1) is 15.9. The number of hydrogen-bond donors (Lipinski definition) is 2. The summed E-state index contributed by atoms with van der Waals surface area (Å²) in [7, 11) is -4.07. The molecule has 0 aromatic heterocycles. The Morgan fingerprint density at radius 3 is 2.38 bits per heavy atom. The molecule has 0 radical (unpaired) electrons. The van der Waals surface area contributed by atoms with Crippen molar-refractivity contribution in [3.05, 3.63) is 58.1 Å². The van der Waals surface area contributed by atoms with Crippen LogP contribution in [0.1, 0.15) is 5.56 Å². The Hall–Kier alpha value is -1.51. The fraction of sp³-hybridized carbons (Fsp3) is 0.0769. The second kappa shape index (κ2) is 6.08. The number of nitrogens with one attached hydrogen (secondary N) is 1. The van der Waals surface area contributed by atoms with Crippen LogP contribution in [0.2, 0.25) is 0 Å². The van der Waals surface area contributed by atoms with E-state index >= 15 is 0 Å². The van der Waals surface area contributed by atoms with Crippen LogP contribution in [0, 0.1) is 11.6 Å². The highest BCUT2D eigenvalue weighted by molar-refractivity contribution is 9.10. The van der Waals surface area contributed by atoms with Gasteiger partial charge in [0.1, 0.15) is 10.7 Å². The summed E-state index contributed by atoms with van der Waals surface area (Å²) >= 11 is 2.90. The van der Waals surface area contributed by atoms with Gasteiger partial charge in [0.2, 0.25) is 10.0 Å². The molecule has 0 amide bonds. The van der Waals surface area contributed by atoms with E-state index < -0.39 is 26.6 Å². The molecule has 0 heterocycles. The van der Waals surface area contributed by atoms with Gasteiger partial charge in [-0.3, -0.25) is 0 Å². The van der Waals surface area contributed by atoms with Crippen molar-refractivity contribution in [3.8, 4) is 0 Å². The third-order valence-electron chi connectivity index (χ3n) is 2.69. The molecule has 0 spiro atoms. The van der Waals surface area contributed by atoms with Crippen LogP contribution in [0.25, 0.3) is 0 Å². The van der Waals surface area contributed by atoms with E-state index in [2.05, 4.69) is 20.7 Å². The zero-order chi connectivity index (χ0) is 15.6. The van der Waals surface area contributed by atoms with E-state index in [0.717, 1.165) is 6.07 Å². The van der Waals surface area contributed by atoms with Gasteiger partial charge in [-0.2, -0.15) is 0 Å². The van der Waals surface area contributed by atoms with Crippen molar-refractivity contribution < 1.29 is 17.2 Å². The summed E-state index contributed by atoms with van der Waals surface area (Å²) in [4.78, 5) is -0.545. The molecule has 3 N–H and O–H groups in total. The minimum Gasteiger partial charge on any atom is -0.399 e. The molecule has 0 saturated heterocycles. The topological polar surface area (TPSA) is 72.2 Å². The summed E-state index contributed by atoms with van der Waals surface area (Å²) in [5, 5.41) is 0. The minimum absolute atomic E-state index is 0.0374. The summed E-state index contributed by atoms with van der Waals surface area (Å²) in [6, 6.07) is 7.59. The van der Waals surface area contributed by atoms with Crippen molar-refractivity contribution in [2.75, 3.05) is 5.73 Å². The molecule has 21 heavy (non-hydrogen) atoms. The number of sulfonamides is 1. The third-order valence-corrected chi connectivity index (χ3v) is 4.66. The maximum absolute atomic E-state index is 13.9. The van der Waals surface area contributed by atoms with Crippen LogP contribution in [0.3, 0.4) is 0 Å². The van der Waals surface area contributed by atoms with E-state index in [9.17, 15) is 17.2 Å². The average Bonchev–Trinajstić information content (AvgIpc) is 2.42. The van der Waals surface area contributed by atoms with E-state index in [4.69, 9.17) is 5.73 Å². The summed E-state index contributed by atoms with van der Waals surface area (Å²) in [5.74, 6) is -1.34. The van der Waals surface area contributed by atoms with Gasteiger partial charge >= 0.3 is 0 Å². The SMILES string of the molecule is Nc1cc(Br)c(F)c(S(=O)(=O)NCc2ccc(F)cc2)c1. The van der Waals surface area contributed by atoms with E-state index in [1.807, 2.05) is 0 Å². The summed E-state index contributed by atoms with van der Waals surface area (Å²) in [6.07, 6.45) is 0. The number of rotatable bonds is 4. The first-order valence-corrected chi connectivity index (χ1v) is 8.06. The van der Waals surface area contributed by atoms with Crippen molar-refractivity contribution in [2.45, 2.75) is 11.4 Å². The fourth-order valence-corrected chi connectivity index (χ4v) is 3.40. The molecule has 2 aromatic rings. The lowest BCUT2D eigenvalue weighted by Gasteiger charge is -2.09. The highest BCUT2D eigenvalue weighted by Crippen LogP contribution is 2.26. The second-order valence-corrected chi connectivity index (χ2v) is 6.86. The molecule has 0 aliphatic carbocycles. The van der Waals surface area contributed by atoms with E-state index in [1.54, 1.807) is 0 Å². The predicted molar refractivity (Wildman–Crippen MR) is 78.9 cm³/mol. The number of hydrogen-bond acceptors (Lipinski definition) is 3. The molecule has 8 heteroatoms. The average molecular weight is 377 g/mol. The number of nitrogens with two attached hydrogens (primary N) is 1. The zero-order valence-corrected chi connectivity index (χ0v) is 13.0. The Labute approximate surface area is 129 Å². The van der Waals surface area contributed by atoms with Crippen molar-refractivity contribution in [2.24, 2.45) is 0 Å². The number of halogens is 3. The first-order chi connectivity index (χ1) is 9.79. The molecule has 2 aromatic carbocycles. The quantitative estimate of drug-likeness (QED) is 0.805. The van der Waals surface area contributed by atoms with Gasteiger partial charge in [0.15, 0.2) is 5.82 Å². The van der Waals surface area contributed by atoms with E-state index in [1.165, 1.54) is 30.3 Å². The van der Waals surface area contributed by atoms with Gasteiger partial charge in [0.05, 0.1) is 4.47 Å². The predicted octanol–water partition coefficient (Wildman–Crippen LogP) is 2.79. The van der Waals surface area contributed by atoms with Crippen LogP contribution in [0.15, 0.2) is 45.8 Å². The monoisotopic (exact) mass is 376 g/mol. The Morgan fingerprint density at radius 2 is 1.76 bits per heavy atom. The molecule has 0 fully saturated rings. The standard InChI is InChI=1S/C13H11BrF2N2O2S/c14-11-5-10(17)6-12(13(11)16)21(19,20)18-7-8-1-3-9(15)4-2-8/h1-6,18H,7,17H2. The minimum atomic E-state index is -4.07. The molecule has 0 atom stereocenters.